The topological polar surface area (TPSA) is 40.7 Å². The molecule has 0 aliphatic carbocycles. The lowest BCUT2D eigenvalue weighted by atomic mass is 10.0. The van der Waals surface area contributed by atoms with E-state index >= 15 is 0 Å². The summed E-state index contributed by atoms with van der Waals surface area (Å²) in [6.07, 6.45) is 3.77. The Morgan fingerprint density at radius 2 is 1.94 bits per heavy atom. The second-order valence-corrected chi connectivity index (χ2v) is 4.63. The minimum Gasteiger partial charge on any atom is -0.306 e. The number of H-pyrrole nitrogens is 1. The van der Waals surface area contributed by atoms with Gasteiger partial charge in [0.15, 0.2) is 0 Å². The Morgan fingerprint density at radius 1 is 1.24 bits per heavy atom. The van der Waals surface area contributed by atoms with Crippen molar-refractivity contribution >= 4 is 0 Å². The molecule has 2 rings (SSSR count). The van der Waals surface area contributed by atoms with Crippen molar-refractivity contribution in [3.8, 4) is 0 Å². The minimum absolute atomic E-state index is 0.350. The molecule has 0 radical (unpaired) electrons. The third-order valence-electron chi connectivity index (χ3n) is 2.91. The second kappa shape index (κ2) is 5.15. The van der Waals surface area contributed by atoms with Crippen molar-refractivity contribution in [1.82, 2.24) is 15.5 Å². The van der Waals surface area contributed by atoms with Crippen molar-refractivity contribution in [2.24, 2.45) is 0 Å². The summed E-state index contributed by atoms with van der Waals surface area (Å²) in [7, 11) is 0. The number of rotatable bonds is 4. The molecule has 2 aromatic rings. The Kier molecular flexibility index (Phi) is 3.59. The molecule has 0 bridgehead atoms. The average Bonchev–Trinajstić information content (AvgIpc) is 2.77. The molecule has 3 heteroatoms. The Morgan fingerprint density at radius 3 is 2.53 bits per heavy atom. The number of aryl methyl sites for hydroxylation is 2. The molecule has 90 valence electrons. The number of hydrogen-bond acceptors (Lipinski definition) is 2. The van der Waals surface area contributed by atoms with Gasteiger partial charge in [0.2, 0.25) is 0 Å². The fourth-order valence-electron chi connectivity index (χ4n) is 2.02. The Labute approximate surface area is 102 Å². The van der Waals surface area contributed by atoms with E-state index in [-0.39, 0.29) is 0 Å². The lowest BCUT2D eigenvalue weighted by molar-refractivity contribution is 0.574. The first-order valence-corrected chi connectivity index (χ1v) is 5.94. The average molecular weight is 229 g/mol. The van der Waals surface area contributed by atoms with Crippen molar-refractivity contribution in [3.05, 3.63) is 52.8 Å². The van der Waals surface area contributed by atoms with Crippen LogP contribution in [-0.4, -0.2) is 10.2 Å². The Balaban J connectivity index is 2.01. The molecule has 0 spiro atoms. The SMILES string of the molecule is Cc1cc(C)cc(C(C)NCc2cn[nH]c2)c1. The zero-order valence-electron chi connectivity index (χ0n) is 10.6. The van der Waals surface area contributed by atoms with E-state index in [2.05, 4.69) is 54.5 Å². The van der Waals surface area contributed by atoms with E-state index < -0.39 is 0 Å². The van der Waals surface area contributed by atoms with E-state index in [1.54, 1.807) is 0 Å². The summed E-state index contributed by atoms with van der Waals surface area (Å²) in [5.41, 5.74) is 5.15. The molecule has 0 amide bonds. The van der Waals surface area contributed by atoms with Crippen molar-refractivity contribution in [3.63, 3.8) is 0 Å². The van der Waals surface area contributed by atoms with Gasteiger partial charge in [-0.05, 0) is 26.3 Å². The van der Waals surface area contributed by atoms with Crippen LogP contribution < -0.4 is 5.32 Å². The number of aromatic nitrogens is 2. The summed E-state index contributed by atoms with van der Waals surface area (Å²) >= 11 is 0. The maximum atomic E-state index is 3.94. The molecule has 1 unspecified atom stereocenters. The zero-order valence-corrected chi connectivity index (χ0v) is 10.6. The molecule has 1 aromatic heterocycles. The Hall–Kier alpha value is -1.61. The molecule has 0 saturated heterocycles. The normalized spacial score (nSPS) is 12.6. The predicted octanol–water partition coefficient (Wildman–Crippen LogP) is 2.88. The van der Waals surface area contributed by atoms with E-state index in [1.165, 1.54) is 22.3 Å². The molecule has 2 N–H and O–H groups in total. The number of nitrogens with zero attached hydrogens (tertiary/aromatic N) is 1. The van der Waals surface area contributed by atoms with E-state index in [9.17, 15) is 0 Å². The maximum absolute atomic E-state index is 3.94. The molecule has 0 aliphatic rings. The molecule has 17 heavy (non-hydrogen) atoms. The van der Waals surface area contributed by atoms with Gasteiger partial charge in [0.1, 0.15) is 0 Å². The molecule has 0 aliphatic heterocycles. The van der Waals surface area contributed by atoms with Crippen LogP contribution in [0.25, 0.3) is 0 Å². The van der Waals surface area contributed by atoms with Gasteiger partial charge in [-0.1, -0.05) is 29.3 Å². The van der Waals surface area contributed by atoms with Gasteiger partial charge in [0, 0.05) is 24.3 Å². The number of benzene rings is 1. The van der Waals surface area contributed by atoms with Crippen molar-refractivity contribution in [2.45, 2.75) is 33.4 Å². The molecule has 3 nitrogen and oxygen atoms in total. The van der Waals surface area contributed by atoms with Gasteiger partial charge < -0.3 is 5.32 Å². The molecule has 1 heterocycles. The Bertz CT molecular complexity index is 454. The standard InChI is InChI=1S/C14H19N3/c1-10-4-11(2)6-14(5-10)12(3)15-7-13-8-16-17-9-13/h4-6,8-9,12,15H,7H2,1-3H3,(H,16,17). The van der Waals surface area contributed by atoms with Crippen LogP contribution in [0, 0.1) is 13.8 Å². The minimum atomic E-state index is 0.350. The van der Waals surface area contributed by atoms with Crippen LogP contribution in [0.5, 0.6) is 0 Å². The highest BCUT2D eigenvalue weighted by atomic mass is 15.1. The highest BCUT2D eigenvalue weighted by Crippen LogP contribution is 2.16. The fraction of sp³-hybridized carbons (Fsp3) is 0.357. The lowest BCUT2D eigenvalue weighted by Crippen LogP contribution is -2.18. The monoisotopic (exact) mass is 229 g/mol. The fourth-order valence-corrected chi connectivity index (χ4v) is 2.02. The molecular formula is C14H19N3. The van der Waals surface area contributed by atoms with E-state index in [4.69, 9.17) is 0 Å². The molecule has 1 aromatic carbocycles. The van der Waals surface area contributed by atoms with Crippen LogP contribution in [-0.2, 0) is 6.54 Å². The summed E-state index contributed by atoms with van der Waals surface area (Å²) in [5, 5.41) is 10.3. The van der Waals surface area contributed by atoms with E-state index in [1.807, 2.05) is 12.4 Å². The molecular weight excluding hydrogens is 210 g/mol. The first-order chi connectivity index (χ1) is 8.15. The van der Waals surface area contributed by atoms with Crippen LogP contribution in [0.2, 0.25) is 0 Å². The van der Waals surface area contributed by atoms with Crippen molar-refractivity contribution in [1.29, 1.82) is 0 Å². The van der Waals surface area contributed by atoms with Gasteiger partial charge in [0.25, 0.3) is 0 Å². The number of hydrogen-bond donors (Lipinski definition) is 2. The largest absolute Gasteiger partial charge is 0.306 e. The highest BCUT2D eigenvalue weighted by Gasteiger charge is 2.06. The summed E-state index contributed by atoms with van der Waals surface area (Å²) in [6.45, 7) is 7.30. The van der Waals surface area contributed by atoms with E-state index in [0.29, 0.717) is 6.04 Å². The first kappa shape index (κ1) is 11.9. The van der Waals surface area contributed by atoms with Gasteiger partial charge >= 0.3 is 0 Å². The van der Waals surface area contributed by atoms with Gasteiger partial charge in [-0.25, -0.2) is 0 Å². The predicted molar refractivity (Wildman–Crippen MR) is 69.8 cm³/mol. The van der Waals surface area contributed by atoms with Crippen LogP contribution in [0.3, 0.4) is 0 Å². The summed E-state index contributed by atoms with van der Waals surface area (Å²) in [5.74, 6) is 0. The van der Waals surface area contributed by atoms with Gasteiger partial charge in [-0.3, -0.25) is 5.10 Å². The van der Waals surface area contributed by atoms with Gasteiger partial charge in [-0.15, -0.1) is 0 Å². The van der Waals surface area contributed by atoms with E-state index in [0.717, 1.165) is 6.54 Å². The quantitative estimate of drug-likeness (QED) is 0.846. The van der Waals surface area contributed by atoms with Gasteiger partial charge in [-0.2, -0.15) is 5.10 Å². The molecule has 1 atom stereocenters. The summed E-state index contributed by atoms with van der Waals surface area (Å²) in [6, 6.07) is 7.02. The van der Waals surface area contributed by atoms with Crippen molar-refractivity contribution in [2.75, 3.05) is 0 Å². The first-order valence-electron chi connectivity index (χ1n) is 5.94. The number of aromatic amines is 1. The molecule has 0 fully saturated rings. The van der Waals surface area contributed by atoms with Crippen LogP contribution in [0.4, 0.5) is 0 Å². The van der Waals surface area contributed by atoms with Crippen molar-refractivity contribution < 1.29 is 0 Å². The van der Waals surface area contributed by atoms with Crippen LogP contribution in [0.15, 0.2) is 30.6 Å². The summed E-state index contributed by atoms with van der Waals surface area (Å²) in [4.78, 5) is 0. The third kappa shape index (κ3) is 3.17. The summed E-state index contributed by atoms with van der Waals surface area (Å²) < 4.78 is 0. The lowest BCUT2D eigenvalue weighted by Gasteiger charge is -2.15. The highest BCUT2D eigenvalue weighted by molar-refractivity contribution is 5.30. The zero-order chi connectivity index (χ0) is 12.3. The second-order valence-electron chi connectivity index (χ2n) is 4.63. The third-order valence-corrected chi connectivity index (χ3v) is 2.91. The number of nitrogens with one attached hydrogen (secondary N) is 2. The van der Waals surface area contributed by atoms with Crippen LogP contribution >= 0.6 is 0 Å². The smallest absolute Gasteiger partial charge is 0.0532 e. The van der Waals surface area contributed by atoms with Gasteiger partial charge in [0.05, 0.1) is 6.20 Å². The van der Waals surface area contributed by atoms with Crippen LogP contribution in [0.1, 0.15) is 35.2 Å². The molecule has 0 saturated carbocycles. The maximum Gasteiger partial charge on any atom is 0.0532 e.